The van der Waals surface area contributed by atoms with E-state index in [1.165, 1.54) is 24.3 Å². The third kappa shape index (κ3) is 14.3. The largest absolute Gasteiger partial charge is 0.459 e. The number of benzene rings is 1. The van der Waals surface area contributed by atoms with Crippen LogP contribution in [0, 0.1) is 17.8 Å². The molecule has 19 nitrogen and oxygen atoms in total. The van der Waals surface area contributed by atoms with Crippen LogP contribution in [-0.4, -0.2) is 208 Å². The van der Waals surface area contributed by atoms with Crippen LogP contribution in [0.2, 0.25) is 0 Å². The van der Waals surface area contributed by atoms with Crippen molar-refractivity contribution in [2.75, 3.05) is 61.2 Å². The number of aliphatic hydroxyl groups is 5. The molecule has 432 valence electrons. The van der Waals surface area contributed by atoms with Crippen molar-refractivity contribution in [2.45, 2.75) is 210 Å². The molecule has 6 N–H and O–H groups in total. The second kappa shape index (κ2) is 26.5. The molecule has 20 heteroatoms. The third-order valence-corrected chi connectivity index (χ3v) is 17.2. The zero-order valence-electron chi connectivity index (χ0n) is 47.7. The van der Waals surface area contributed by atoms with Crippen molar-refractivity contribution in [1.29, 1.82) is 0 Å². The van der Waals surface area contributed by atoms with Crippen LogP contribution in [0.3, 0.4) is 0 Å². The second-order valence-electron chi connectivity index (χ2n) is 23.3. The topological polar surface area (TPSA) is 232 Å². The SMILES string of the molecule is CC[C@H]1OC(=O)[C@H](C)[C@@H](OC2C[C@@](C)(OC)[C@@H](O)[C@H](C)O2)[C@H](C)[C@@H](O[C@@H]2O[C@H](C)C[C@H](N(C)CCc3cn([C@H](CF)[C@H](OC)c4ccc(C5=CCNCC5)cc4)nn3)[C@H]2O)[C@](C)(O)C[C@@H](C)CN(C)[C@H](C)[C@@H](O)[C@]1(C)O. The number of hydrogen-bond acceptors (Lipinski definition) is 18. The molecular weight excluding hydrogens is 984 g/mol. The average Bonchev–Trinajstić information content (AvgIpc) is 3.87. The lowest BCUT2D eigenvalue weighted by molar-refractivity contribution is -0.318. The van der Waals surface area contributed by atoms with Gasteiger partial charge in [-0.3, -0.25) is 4.79 Å². The number of alkyl halides is 1. The summed E-state index contributed by atoms with van der Waals surface area (Å²) in [5.41, 5.74) is -0.721. The van der Waals surface area contributed by atoms with E-state index >= 15 is 0 Å². The highest BCUT2D eigenvalue weighted by atomic mass is 19.1. The van der Waals surface area contributed by atoms with E-state index in [4.69, 9.17) is 33.2 Å². The Morgan fingerprint density at radius 3 is 2.30 bits per heavy atom. The van der Waals surface area contributed by atoms with Gasteiger partial charge in [0.1, 0.15) is 48.8 Å². The van der Waals surface area contributed by atoms with Crippen LogP contribution in [-0.2, 0) is 44.4 Å². The lowest BCUT2D eigenvalue weighted by atomic mass is 9.77. The number of carbonyl (C=O) groups excluding carboxylic acids is 1. The van der Waals surface area contributed by atoms with Gasteiger partial charge in [0.25, 0.3) is 0 Å². The molecular formula is C56H93FN6O13. The van der Waals surface area contributed by atoms with Gasteiger partial charge in [-0.15, -0.1) is 5.10 Å². The van der Waals surface area contributed by atoms with Gasteiger partial charge in [-0.2, -0.15) is 0 Å². The Labute approximate surface area is 450 Å². The van der Waals surface area contributed by atoms with Crippen LogP contribution in [0.25, 0.3) is 5.57 Å². The normalized spacial score (nSPS) is 39.7. The molecule has 0 bridgehead atoms. The maximum absolute atomic E-state index is 14.9. The van der Waals surface area contributed by atoms with E-state index in [1.807, 2.05) is 49.9 Å². The van der Waals surface area contributed by atoms with Crippen LogP contribution in [0.15, 0.2) is 36.5 Å². The summed E-state index contributed by atoms with van der Waals surface area (Å²) in [5.74, 6) is -2.86. The zero-order valence-corrected chi connectivity index (χ0v) is 47.7. The number of ether oxygens (including phenoxy) is 7. The number of aromatic nitrogens is 3. The van der Waals surface area contributed by atoms with Gasteiger partial charge in [0.05, 0.1) is 47.2 Å². The van der Waals surface area contributed by atoms with Gasteiger partial charge in [-0.05, 0) is 117 Å². The number of cyclic esters (lactones) is 1. The minimum Gasteiger partial charge on any atom is -0.459 e. The summed E-state index contributed by atoms with van der Waals surface area (Å²) in [6.45, 7) is 19.3. The van der Waals surface area contributed by atoms with Gasteiger partial charge in [-0.25, -0.2) is 9.07 Å². The average molecular weight is 1080 g/mol. The number of methoxy groups -OCH3 is 2. The first-order valence-electron chi connectivity index (χ1n) is 27.6. The molecule has 4 aliphatic rings. The Morgan fingerprint density at radius 1 is 0.987 bits per heavy atom. The number of hydrogen-bond donors (Lipinski definition) is 6. The van der Waals surface area contributed by atoms with Crippen molar-refractivity contribution in [3.63, 3.8) is 0 Å². The summed E-state index contributed by atoms with van der Waals surface area (Å²) < 4.78 is 60.7. The van der Waals surface area contributed by atoms with Gasteiger partial charge in [0.15, 0.2) is 12.6 Å². The molecule has 76 heavy (non-hydrogen) atoms. The molecule has 0 aliphatic carbocycles. The fraction of sp³-hybridized carbons (Fsp3) is 0.804. The van der Waals surface area contributed by atoms with Crippen molar-refractivity contribution in [2.24, 2.45) is 17.8 Å². The molecule has 2 aromatic rings. The molecule has 1 unspecified atom stereocenters. The van der Waals surface area contributed by atoms with Crippen molar-refractivity contribution < 1.29 is 67.9 Å². The Balaban J connectivity index is 1.25. The van der Waals surface area contributed by atoms with Crippen LogP contribution in [0.1, 0.15) is 130 Å². The maximum atomic E-state index is 14.9. The van der Waals surface area contributed by atoms with Gasteiger partial charge >= 0.3 is 5.97 Å². The molecule has 1 aromatic carbocycles. The molecule has 3 fully saturated rings. The Morgan fingerprint density at radius 2 is 1.68 bits per heavy atom. The summed E-state index contributed by atoms with van der Waals surface area (Å²) in [4.78, 5) is 18.5. The Hall–Kier alpha value is -3.06. The molecule has 5 heterocycles. The van der Waals surface area contributed by atoms with E-state index in [9.17, 15) is 34.7 Å². The molecule has 20 atom stereocenters. The molecule has 0 amide bonds. The first-order valence-corrected chi connectivity index (χ1v) is 27.6. The van der Waals surface area contributed by atoms with E-state index in [1.54, 1.807) is 61.8 Å². The molecule has 1 aromatic heterocycles. The lowest BCUT2D eigenvalue weighted by Crippen LogP contribution is -2.61. The first kappa shape index (κ1) is 62.1. The smallest absolute Gasteiger partial charge is 0.311 e. The first-order chi connectivity index (χ1) is 35.8. The van der Waals surface area contributed by atoms with Crippen molar-refractivity contribution >= 4 is 11.5 Å². The monoisotopic (exact) mass is 1080 g/mol. The van der Waals surface area contributed by atoms with E-state index in [2.05, 4.69) is 33.8 Å². The lowest BCUT2D eigenvalue weighted by Gasteiger charge is -2.49. The van der Waals surface area contributed by atoms with Crippen molar-refractivity contribution in [1.82, 2.24) is 30.1 Å². The summed E-state index contributed by atoms with van der Waals surface area (Å²) >= 11 is 0. The number of halogens is 1. The van der Waals surface area contributed by atoms with Gasteiger partial charge < -0.3 is 73.8 Å². The number of likely N-dealkylation sites (N-methyl/N-ethyl adjacent to an activating group) is 2. The third-order valence-electron chi connectivity index (χ3n) is 17.2. The minimum atomic E-state index is -1.85. The fourth-order valence-corrected chi connectivity index (χ4v) is 12.3. The summed E-state index contributed by atoms with van der Waals surface area (Å²) in [5, 5.41) is 72.0. The van der Waals surface area contributed by atoms with E-state index in [-0.39, 0.29) is 25.2 Å². The molecule has 3 saturated heterocycles. The van der Waals surface area contributed by atoms with E-state index in [0.29, 0.717) is 31.6 Å². The quantitative estimate of drug-likeness (QED) is 0.128. The minimum absolute atomic E-state index is 0.0871. The maximum Gasteiger partial charge on any atom is 0.311 e. The Bertz CT molecular complexity index is 2170. The van der Waals surface area contributed by atoms with Crippen LogP contribution in [0.5, 0.6) is 0 Å². The van der Waals surface area contributed by atoms with Gasteiger partial charge in [0.2, 0.25) is 0 Å². The number of nitrogens with zero attached hydrogens (tertiary/aromatic N) is 5. The Kier molecular flexibility index (Phi) is 21.6. The molecule has 0 spiro atoms. The summed E-state index contributed by atoms with van der Waals surface area (Å²) in [6.07, 6.45) is -4.73. The number of aliphatic hydroxyl groups excluding tert-OH is 3. The van der Waals surface area contributed by atoms with E-state index < -0.39 is 127 Å². The van der Waals surface area contributed by atoms with Crippen LogP contribution < -0.4 is 5.32 Å². The predicted molar refractivity (Wildman–Crippen MR) is 284 cm³/mol. The highest BCUT2D eigenvalue weighted by molar-refractivity contribution is 5.73. The fourth-order valence-electron chi connectivity index (χ4n) is 12.3. The number of esters is 1. The number of carbonyl (C=O) groups is 1. The van der Waals surface area contributed by atoms with Crippen molar-refractivity contribution in [3.8, 4) is 0 Å². The molecule has 6 rings (SSSR count). The van der Waals surface area contributed by atoms with Gasteiger partial charge in [0, 0.05) is 70.9 Å². The number of rotatable bonds is 16. The molecule has 0 saturated carbocycles. The second-order valence-corrected chi connectivity index (χ2v) is 23.3. The van der Waals surface area contributed by atoms with Gasteiger partial charge in [-0.1, -0.05) is 56.3 Å². The highest BCUT2D eigenvalue weighted by Crippen LogP contribution is 2.41. The molecule has 0 radical (unpaired) electrons. The number of nitrogens with one attached hydrogen (secondary N) is 1. The standard InChI is InChI=1S/C56H93FN6O13/c1-15-44-56(10,69)49(65)36(6)62(12)30-32(2)27-54(8,68)51(34(4)47(35(5)52(67)74-44)75-45-28-55(9,71-14)50(66)37(7)73-45)76-53-46(64)42(26-33(3)72-53)61(11)25-22-41-31-63(60-59-41)43(29-57)48(70-13)40-18-16-38(17-19-40)39-20-23-58-24-21-39/h16-20,31-37,42-51,53,58,64-66,68-69H,15,21-30H2,1-14H3/t32-,33-,34+,35-,36-,37+,42+,43-,44-,45?,46-,47+,48-,49-,50+,51-,53+,54-,55-,56-/m1/s1. The van der Waals surface area contributed by atoms with E-state index in [0.717, 1.165) is 30.6 Å². The molecule has 4 aliphatic heterocycles. The van der Waals surface area contributed by atoms with Crippen LogP contribution in [0.4, 0.5) is 4.39 Å². The highest BCUT2D eigenvalue weighted by Gasteiger charge is 2.53. The zero-order chi connectivity index (χ0) is 56.0. The predicted octanol–water partition coefficient (Wildman–Crippen LogP) is 4.38. The summed E-state index contributed by atoms with van der Waals surface area (Å²) in [7, 11) is 6.79. The van der Waals surface area contributed by atoms with Crippen LogP contribution >= 0.6 is 0 Å². The summed E-state index contributed by atoms with van der Waals surface area (Å²) in [6, 6.07) is 6.22. The van der Waals surface area contributed by atoms with Crippen molar-refractivity contribution in [3.05, 3.63) is 53.4 Å².